The molecule has 0 aliphatic rings. The number of hydrogen-bond acceptors (Lipinski definition) is 0. The lowest BCUT2D eigenvalue weighted by molar-refractivity contribution is 1.59. The number of hydrogen-bond donors (Lipinski definition) is 0. The van der Waals surface area contributed by atoms with Crippen molar-refractivity contribution >= 4 is 43.1 Å². The van der Waals surface area contributed by atoms with E-state index in [2.05, 4.69) is 182 Å². The zero-order valence-electron chi connectivity index (χ0n) is 25.3. The van der Waals surface area contributed by atoms with E-state index < -0.39 is 0 Å². The van der Waals surface area contributed by atoms with E-state index in [0.29, 0.717) is 0 Å². The Morgan fingerprint density at radius 3 is 1.13 bits per heavy atom. The van der Waals surface area contributed by atoms with Gasteiger partial charge in [-0.2, -0.15) is 0 Å². The molecule has 0 saturated heterocycles. The van der Waals surface area contributed by atoms with Gasteiger partial charge in [0.25, 0.3) is 0 Å². The van der Waals surface area contributed by atoms with Crippen molar-refractivity contribution in [2.24, 2.45) is 0 Å². The van der Waals surface area contributed by atoms with Crippen molar-refractivity contribution in [3.05, 3.63) is 182 Å². The molecule has 9 aromatic carbocycles. The Balaban J connectivity index is 1.23. The van der Waals surface area contributed by atoms with Gasteiger partial charge in [-0.15, -0.1) is 0 Å². The van der Waals surface area contributed by atoms with Crippen molar-refractivity contribution in [3.63, 3.8) is 0 Å². The first-order valence-corrected chi connectivity index (χ1v) is 15.9. The van der Waals surface area contributed by atoms with Gasteiger partial charge in [0.2, 0.25) is 0 Å². The summed E-state index contributed by atoms with van der Waals surface area (Å²) in [7, 11) is 0. The van der Waals surface area contributed by atoms with Crippen LogP contribution in [0.1, 0.15) is 0 Å². The fourth-order valence-corrected chi connectivity index (χ4v) is 7.31. The van der Waals surface area contributed by atoms with Crippen LogP contribution in [0.2, 0.25) is 0 Å². The average Bonchev–Trinajstić information content (AvgIpc) is 3.14. The maximum Gasteiger partial charge on any atom is -0.00199 e. The Kier molecular flexibility index (Phi) is 6.25. The Morgan fingerprint density at radius 2 is 0.587 bits per heavy atom. The molecule has 9 rings (SSSR count). The Morgan fingerprint density at radius 1 is 0.217 bits per heavy atom. The number of fused-ring (bicyclic) bond motifs is 5. The van der Waals surface area contributed by atoms with Crippen LogP contribution < -0.4 is 0 Å². The molecule has 46 heavy (non-hydrogen) atoms. The first-order valence-electron chi connectivity index (χ1n) is 15.9. The predicted molar refractivity (Wildman–Crippen MR) is 198 cm³/mol. The molecular weight excluding hydrogens is 553 g/mol. The molecule has 0 aliphatic carbocycles. The third kappa shape index (κ3) is 4.30. The fourth-order valence-electron chi connectivity index (χ4n) is 7.31. The topological polar surface area (TPSA) is 0 Å². The minimum Gasteiger partial charge on any atom is -0.0622 e. The Hall–Kier alpha value is -5.98. The molecule has 0 bridgehead atoms. The van der Waals surface area contributed by atoms with E-state index in [1.54, 1.807) is 0 Å². The first-order chi connectivity index (χ1) is 22.8. The summed E-state index contributed by atoms with van der Waals surface area (Å²) in [6, 6.07) is 66.4. The van der Waals surface area contributed by atoms with Crippen LogP contribution in [0.3, 0.4) is 0 Å². The molecule has 0 N–H and O–H groups in total. The highest BCUT2D eigenvalue weighted by atomic mass is 14.2. The van der Waals surface area contributed by atoms with Crippen molar-refractivity contribution < 1.29 is 0 Å². The number of rotatable bonds is 4. The Bertz CT molecular complexity index is 2480. The predicted octanol–water partition coefficient (Wildman–Crippen LogP) is 13.0. The van der Waals surface area contributed by atoms with Crippen LogP contribution in [-0.4, -0.2) is 0 Å². The molecule has 0 nitrogen and oxygen atoms in total. The lowest BCUT2D eigenvalue weighted by atomic mass is 9.83. The molecule has 0 atom stereocenters. The molecule has 9 aromatic rings. The van der Waals surface area contributed by atoms with Crippen molar-refractivity contribution in [2.75, 3.05) is 0 Å². The summed E-state index contributed by atoms with van der Waals surface area (Å²) in [4.78, 5) is 0. The normalized spacial score (nSPS) is 11.5. The molecular formula is C46H30. The van der Waals surface area contributed by atoms with E-state index in [9.17, 15) is 0 Å². The van der Waals surface area contributed by atoms with Crippen molar-refractivity contribution in [2.45, 2.75) is 0 Å². The van der Waals surface area contributed by atoms with E-state index in [0.717, 1.165) is 0 Å². The molecule has 214 valence electrons. The summed E-state index contributed by atoms with van der Waals surface area (Å²) in [5.74, 6) is 0. The van der Waals surface area contributed by atoms with Crippen LogP contribution in [0.5, 0.6) is 0 Å². The van der Waals surface area contributed by atoms with Crippen molar-refractivity contribution in [1.82, 2.24) is 0 Å². The summed E-state index contributed by atoms with van der Waals surface area (Å²) < 4.78 is 0. The zero-order valence-corrected chi connectivity index (χ0v) is 25.3. The second-order valence-corrected chi connectivity index (χ2v) is 12.1. The molecule has 0 radical (unpaired) electrons. The third-order valence-electron chi connectivity index (χ3n) is 9.47. The smallest absolute Gasteiger partial charge is 0.00199 e. The molecule has 0 heterocycles. The van der Waals surface area contributed by atoms with Crippen LogP contribution in [0.25, 0.3) is 87.6 Å². The standard InChI is InChI=1S/C46H30/c1-2-12-31(13-3-1)32-22-24-33(25-23-32)34-26-28-35(29-27-34)45-40-18-8-10-20-42(40)46(43-21-11-9-19-41(43)45)44-30-36-14-4-5-15-37(36)38-16-6-7-17-39(38)44/h1-30H. The van der Waals surface area contributed by atoms with Gasteiger partial charge in [0.1, 0.15) is 0 Å². The molecule has 0 aliphatic heterocycles. The molecule has 0 aromatic heterocycles. The maximum atomic E-state index is 2.39. The molecule has 0 spiro atoms. The minimum atomic E-state index is 1.22. The Labute approximate surface area is 268 Å². The minimum absolute atomic E-state index is 1.22. The molecule has 0 amide bonds. The summed E-state index contributed by atoms with van der Waals surface area (Å²) in [6.45, 7) is 0. The lowest BCUT2D eigenvalue weighted by Gasteiger charge is -2.19. The molecule has 0 unspecified atom stereocenters. The van der Waals surface area contributed by atoms with E-state index in [-0.39, 0.29) is 0 Å². The molecule has 0 heteroatoms. The highest BCUT2D eigenvalue weighted by Crippen LogP contribution is 2.46. The largest absolute Gasteiger partial charge is 0.0622 e. The van der Waals surface area contributed by atoms with Crippen molar-refractivity contribution in [1.29, 1.82) is 0 Å². The third-order valence-corrected chi connectivity index (χ3v) is 9.47. The molecule has 0 fully saturated rings. The van der Waals surface area contributed by atoms with Gasteiger partial charge >= 0.3 is 0 Å². The second-order valence-electron chi connectivity index (χ2n) is 12.1. The average molecular weight is 583 g/mol. The summed E-state index contributed by atoms with van der Waals surface area (Å²) in [6.07, 6.45) is 0. The second kappa shape index (κ2) is 10.9. The van der Waals surface area contributed by atoms with Gasteiger partial charge in [0.05, 0.1) is 0 Å². The van der Waals surface area contributed by atoms with Crippen LogP contribution in [-0.2, 0) is 0 Å². The van der Waals surface area contributed by atoms with Gasteiger partial charge in [-0.3, -0.25) is 0 Å². The monoisotopic (exact) mass is 582 g/mol. The van der Waals surface area contributed by atoms with Gasteiger partial charge in [-0.25, -0.2) is 0 Å². The van der Waals surface area contributed by atoms with Gasteiger partial charge < -0.3 is 0 Å². The summed E-state index contributed by atoms with van der Waals surface area (Å²) in [5.41, 5.74) is 10.0. The first kappa shape index (κ1) is 26.4. The quantitative estimate of drug-likeness (QED) is 0.143. The van der Waals surface area contributed by atoms with Gasteiger partial charge in [0.15, 0.2) is 0 Å². The van der Waals surface area contributed by atoms with Crippen LogP contribution in [0.4, 0.5) is 0 Å². The fraction of sp³-hybridized carbons (Fsp3) is 0. The van der Waals surface area contributed by atoms with E-state index in [1.807, 2.05) is 0 Å². The lowest BCUT2D eigenvalue weighted by Crippen LogP contribution is -1.92. The highest BCUT2D eigenvalue weighted by molar-refractivity contribution is 6.25. The van der Waals surface area contributed by atoms with E-state index in [4.69, 9.17) is 0 Å². The van der Waals surface area contributed by atoms with E-state index in [1.165, 1.54) is 87.6 Å². The van der Waals surface area contributed by atoms with Crippen LogP contribution in [0, 0.1) is 0 Å². The van der Waals surface area contributed by atoms with Gasteiger partial charge in [-0.05, 0) is 93.7 Å². The SMILES string of the molecule is c1ccc(-c2ccc(-c3ccc(-c4c5ccccc5c(-c5cc6ccccc6c6ccccc56)c5ccccc45)cc3)cc2)cc1. The van der Waals surface area contributed by atoms with Gasteiger partial charge in [0, 0.05) is 0 Å². The highest BCUT2D eigenvalue weighted by Gasteiger charge is 2.19. The van der Waals surface area contributed by atoms with E-state index >= 15 is 0 Å². The zero-order chi connectivity index (χ0) is 30.5. The van der Waals surface area contributed by atoms with Crippen LogP contribution in [0.15, 0.2) is 182 Å². The molecule has 0 saturated carbocycles. The maximum absolute atomic E-state index is 2.39. The van der Waals surface area contributed by atoms with Crippen LogP contribution >= 0.6 is 0 Å². The van der Waals surface area contributed by atoms with Gasteiger partial charge in [-0.1, -0.05) is 176 Å². The summed E-state index contributed by atoms with van der Waals surface area (Å²) in [5, 5.41) is 10.2. The number of benzene rings is 9. The van der Waals surface area contributed by atoms with Crippen molar-refractivity contribution in [3.8, 4) is 44.5 Å². The summed E-state index contributed by atoms with van der Waals surface area (Å²) >= 11 is 0.